The first-order valence-corrected chi connectivity index (χ1v) is 11.3. The summed E-state index contributed by atoms with van der Waals surface area (Å²) in [5, 5.41) is 0. The minimum atomic E-state index is -4.12. The molecule has 1 aromatic carbocycles. The largest absolute Gasteiger partial charge is 0.383 e. The second-order valence-corrected chi connectivity index (χ2v) is 10.5. The maximum absolute atomic E-state index is 13.8. The summed E-state index contributed by atoms with van der Waals surface area (Å²) in [4.78, 5) is 13.8. The molecule has 0 aromatic heterocycles. The van der Waals surface area contributed by atoms with E-state index in [1.807, 2.05) is 19.9 Å². The molecule has 7 heteroatoms. The van der Waals surface area contributed by atoms with Crippen LogP contribution in [0.4, 0.5) is 0 Å². The lowest BCUT2D eigenvalue weighted by Crippen LogP contribution is -2.70. The van der Waals surface area contributed by atoms with Gasteiger partial charge in [0.15, 0.2) is 0 Å². The number of carbonyl (C=O) groups excluding carboxylic acids is 1. The Morgan fingerprint density at radius 1 is 1.17 bits per heavy atom. The molecule has 1 heterocycles. The topological polar surface area (TPSA) is 78.9 Å². The molecule has 2 fully saturated rings. The van der Waals surface area contributed by atoms with E-state index in [1.165, 1.54) is 19.2 Å². The Balaban J connectivity index is 1.74. The smallest absolute Gasteiger partial charge is 0.338 e. The van der Waals surface area contributed by atoms with Crippen molar-refractivity contribution >= 4 is 15.9 Å². The Bertz CT molecular complexity index is 1180. The Morgan fingerprint density at radius 2 is 1.83 bits per heavy atom. The van der Waals surface area contributed by atoms with Crippen LogP contribution < -0.4 is 0 Å². The van der Waals surface area contributed by atoms with Gasteiger partial charge in [-0.1, -0.05) is 42.8 Å². The van der Waals surface area contributed by atoms with E-state index in [-0.39, 0.29) is 23.0 Å². The highest BCUT2D eigenvalue weighted by Gasteiger charge is 2.84. The van der Waals surface area contributed by atoms with Crippen LogP contribution in [0.3, 0.4) is 0 Å². The summed E-state index contributed by atoms with van der Waals surface area (Å²) in [6, 6.07) is 6.45. The van der Waals surface area contributed by atoms with Crippen molar-refractivity contribution in [1.29, 1.82) is 0 Å². The van der Waals surface area contributed by atoms with Crippen molar-refractivity contribution in [2.75, 3.05) is 13.7 Å². The number of methoxy groups -OCH3 is 1. The van der Waals surface area contributed by atoms with Crippen LogP contribution in [-0.2, 0) is 28.6 Å². The van der Waals surface area contributed by atoms with E-state index in [0.717, 1.165) is 11.1 Å². The third-order valence-corrected chi connectivity index (χ3v) is 9.00. The van der Waals surface area contributed by atoms with Crippen molar-refractivity contribution in [2.45, 2.75) is 37.9 Å². The van der Waals surface area contributed by atoms with Crippen LogP contribution in [0.2, 0.25) is 0 Å². The molecule has 5 aliphatic rings. The fourth-order valence-electron chi connectivity index (χ4n) is 5.83. The number of ether oxygens (including phenoxy) is 2. The molecule has 1 aliphatic heterocycles. The van der Waals surface area contributed by atoms with Gasteiger partial charge >= 0.3 is 10.1 Å². The predicted octanol–water partition coefficient (Wildman–Crippen LogP) is 3.44. The quantitative estimate of drug-likeness (QED) is 0.540. The Hall–Kier alpha value is -2.22. The molecule has 1 spiro atoms. The normalized spacial score (nSPS) is 39.1. The van der Waals surface area contributed by atoms with Gasteiger partial charge in [0.1, 0.15) is 10.7 Å². The summed E-state index contributed by atoms with van der Waals surface area (Å²) in [5.74, 6) is -1.73. The van der Waals surface area contributed by atoms with Gasteiger partial charge in [0.2, 0.25) is 11.6 Å². The number of hydrogen-bond acceptors (Lipinski definition) is 6. The van der Waals surface area contributed by atoms with Gasteiger partial charge in [0.05, 0.1) is 17.4 Å². The standard InChI is InChI=1S/C23H24O6S/c1-14-6-9-16(10-7-14)30(25,26)29-18-12-22-15(2)8-11-17(22)20(3)13-28-23(27-5,19(22)24)21(18,20)4/h6-7,9-12H,2,8,13H2,1,3-5H3/t20-,21+,22+,23+/m0/s1. The van der Waals surface area contributed by atoms with Crippen LogP contribution >= 0.6 is 0 Å². The van der Waals surface area contributed by atoms with E-state index in [4.69, 9.17) is 13.7 Å². The highest BCUT2D eigenvalue weighted by molar-refractivity contribution is 7.86. The van der Waals surface area contributed by atoms with Crippen LogP contribution in [0.1, 0.15) is 25.8 Å². The van der Waals surface area contributed by atoms with Gasteiger partial charge in [-0.3, -0.25) is 4.79 Å². The number of carbonyl (C=O) groups is 1. The summed E-state index contributed by atoms with van der Waals surface area (Å²) in [5.41, 5.74) is -0.480. The van der Waals surface area contributed by atoms with Crippen molar-refractivity contribution in [3.05, 3.63) is 65.5 Å². The van der Waals surface area contributed by atoms with E-state index in [1.54, 1.807) is 25.1 Å². The molecule has 0 N–H and O–H groups in total. The molecule has 0 amide bonds. The van der Waals surface area contributed by atoms with E-state index in [9.17, 15) is 13.2 Å². The molecular weight excluding hydrogens is 404 g/mol. The molecule has 4 atom stereocenters. The first kappa shape index (κ1) is 19.7. The lowest BCUT2D eigenvalue weighted by molar-refractivity contribution is -0.243. The first-order valence-electron chi connectivity index (χ1n) is 9.87. The van der Waals surface area contributed by atoms with Crippen molar-refractivity contribution in [3.8, 4) is 0 Å². The molecule has 0 radical (unpaired) electrons. The lowest BCUT2D eigenvalue weighted by atomic mass is 9.42. The highest BCUT2D eigenvalue weighted by atomic mass is 32.2. The van der Waals surface area contributed by atoms with Gasteiger partial charge < -0.3 is 13.7 Å². The number of rotatable bonds is 4. The van der Waals surface area contributed by atoms with Crippen molar-refractivity contribution < 1.29 is 26.9 Å². The second-order valence-electron chi connectivity index (χ2n) is 8.99. The van der Waals surface area contributed by atoms with Gasteiger partial charge in [-0.2, -0.15) is 8.42 Å². The van der Waals surface area contributed by atoms with Crippen LogP contribution in [0.25, 0.3) is 0 Å². The molecule has 158 valence electrons. The first-order chi connectivity index (χ1) is 14.0. The summed E-state index contributed by atoms with van der Waals surface area (Å²) >= 11 is 0. The Morgan fingerprint density at radius 3 is 2.47 bits per heavy atom. The average molecular weight is 429 g/mol. The van der Waals surface area contributed by atoms with E-state index >= 15 is 0 Å². The van der Waals surface area contributed by atoms with E-state index in [0.29, 0.717) is 12.0 Å². The predicted molar refractivity (Wildman–Crippen MR) is 109 cm³/mol. The summed E-state index contributed by atoms with van der Waals surface area (Å²) in [6.45, 7) is 10.0. The maximum atomic E-state index is 13.8. The summed E-state index contributed by atoms with van der Waals surface area (Å²) < 4.78 is 43.8. The van der Waals surface area contributed by atoms with Crippen LogP contribution in [-0.4, -0.2) is 33.7 Å². The SMILES string of the molecule is C=C1CC=C2[C@@]13C=C(OS(=O)(=O)c1ccc(C)cc1)[C@@]1(C)[C@](OC)(OC[C@@]21C)C3=O. The van der Waals surface area contributed by atoms with Crippen molar-refractivity contribution in [3.63, 3.8) is 0 Å². The molecule has 1 saturated carbocycles. The molecule has 6 rings (SSSR count). The lowest BCUT2D eigenvalue weighted by Gasteiger charge is -2.60. The zero-order chi connectivity index (χ0) is 21.7. The molecule has 30 heavy (non-hydrogen) atoms. The third-order valence-electron chi connectivity index (χ3n) is 7.75. The Kier molecular flexibility index (Phi) is 3.63. The fraction of sp³-hybridized carbons (Fsp3) is 0.435. The second kappa shape index (κ2) is 5.52. The number of allylic oxidation sites excluding steroid dienone is 3. The number of aryl methyl sites for hydroxylation is 1. The highest BCUT2D eigenvalue weighted by Crippen LogP contribution is 2.77. The summed E-state index contributed by atoms with van der Waals surface area (Å²) in [6.07, 6.45) is 4.20. The number of benzene rings is 1. The average Bonchev–Trinajstić information content (AvgIpc) is 3.13. The van der Waals surface area contributed by atoms with Crippen LogP contribution in [0.15, 0.2) is 64.8 Å². The molecule has 1 saturated heterocycles. The van der Waals surface area contributed by atoms with Crippen molar-refractivity contribution in [2.24, 2.45) is 16.2 Å². The van der Waals surface area contributed by atoms with Gasteiger partial charge in [0, 0.05) is 12.5 Å². The molecule has 4 bridgehead atoms. The molecule has 0 unspecified atom stereocenters. The molecular formula is C23H24O6S. The zero-order valence-corrected chi connectivity index (χ0v) is 18.3. The minimum absolute atomic E-state index is 0.0498. The van der Waals surface area contributed by atoms with Gasteiger partial charge in [-0.15, -0.1) is 0 Å². The monoisotopic (exact) mass is 428 g/mol. The third kappa shape index (κ3) is 1.84. The molecule has 4 aliphatic carbocycles. The number of ketones is 1. The van der Waals surface area contributed by atoms with E-state index in [2.05, 4.69) is 6.58 Å². The van der Waals surface area contributed by atoms with Crippen LogP contribution in [0, 0.1) is 23.2 Å². The van der Waals surface area contributed by atoms with Crippen LogP contribution in [0.5, 0.6) is 0 Å². The Labute approximate surface area is 176 Å². The van der Waals surface area contributed by atoms with E-state index < -0.39 is 32.2 Å². The van der Waals surface area contributed by atoms with Gasteiger partial charge in [-0.05, 0) is 44.1 Å². The summed E-state index contributed by atoms with van der Waals surface area (Å²) in [7, 11) is -2.71. The molecule has 6 nitrogen and oxygen atoms in total. The number of hydrogen-bond donors (Lipinski definition) is 0. The fourth-order valence-corrected chi connectivity index (χ4v) is 6.85. The van der Waals surface area contributed by atoms with Gasteiger partial charge in [0.25, 0.3) is 0 Å². The minimum Gasteiger partial charge on any atom is -0.383 e. The van der Waals surface area contributed by atoms with Crippen molar-refractivity contribution in [1.82, 2.24) is 0 Å². The number of Topliss-reactive ketones (excluding diaryl/α,β-unsaturated/α-hetero) is 1. The maximum Gasteiger partial charge on any atom is 0.338 e. The van der Waals surface area contributed by atoms with Gasteiger partial charge in [-0.25, -0.2) is 0 Å². The molecule has 1 aromatic rings. The zero-order valence-electron chi connectivity index (χ0n) is 17.4.